The van der Waals surface area contributed by atoms with Gasteiger partial charge in [0.05, 0.1) is 33.0 Å². The molecule has 0 heterocycles. The van der Waals surface area contributed by atoms with E-state index in [0.29, 0.717) is 39.0 Å². The molecule has 2 unspecified atom stereocenters. The molecule has 5 heteroatoms. The van der Waals surface area contributed by atoms with E-state index in [1.165, 1.54) is 0 Å². The fourth-order valence-electron chi connectivity index (χ4n) is 1.86. The Morgan fingerprint density at radius 2 is 1.14 bits per heavy atom. The maximum Gasteiger partial charge on any atom is 0.0615 e. The maximum atomic E-state index is 5.84. The standard InChI is InChI=1S/C16H36N2O3/c1-6-16(10-19-7-13(2)3,11-20-8-14(4)17)12-21-9-15(5)18/h13-15H,6-12,17-18H2,1-5H3. The van der Waals surface area contributed by atoms with Crippen LogP contribution in [0.15, 0.2) is 0 Å². The molecule has 0 fully saturated rings. The van der Waals surface area contributed by atoms with E-state index in [2.05, 4.69) is 20.8 Å². The molecule has 5 nitrogen and oxygen atoms in total. The van der Waals surface area contributed by atoms with E-state index in [1.807, 2.05) is 13.8 Å². The Bertz CT molecular complexity index is 210. The summed E-state index contributed by atoms with van der Waals surface area (Å²) in [5.41, 5.74) is 11.4. The van der Waals surface area contributed by atoms with Gasteiger partial charge in [-0.15, -0.1) is 0 Å². The highest BCUT2D eigenvalue weighted by molar-refractivity contribution is 4.78. The van der Waals surface area contributed by atoms with Crippen molar-refractivity contribution in [1.82, 2.24) is 0 Å². The third-order valence-electron chi connectivity index (χ3n) is 3.19. The Labute approximate surface area is 130 Å². The summed E-state index contributed by atoms with van der Waals surface area (Å²) in [6, 6.07) is 0.0854. The normalized spacial score (nSPS) is 17.7. The lowest BCUT2D eigenvalue weighted by Gasteiger charge is -2.33. The molecular weight excluding hydrogens is 268 g/mol. The van der Waals surface area contributed by atoms with Gasteiger partial charge in [-0.05, 0) is 26.2 Å². The molecule has 0 aliphatic heterocycles. The van der Waals surface area contributed by atoms with Gasteiger partial charge in [-0.2, -0.15) is 0 Å². The van der Waals surface area contributed by atoms with E-state index in [4.69, 9.17) is 25.7 Å². The first-order valence-corrected chi connectivity index (χ1v) is 8.05. The SMILES string of the molecule is CCC(COCC(C)C)(COCC(C)N)COCC(C)N. The van der Waals surface area contributed by atoms with Gasteiger partial charge in [-0.1, -0.05) is 20.8 Å². The topological polar surface area (TPSA) is 79.7 Å². The molecule has 0 amide bonds. The maximum absolute atomic E-state index is 5.84. The fraction of sp³-hybridized carbons (Fsp3) is 1.00. The Balaban J connectivity index is 4.43. The fourth-order valence-corrected chi connectivity index (χ4v) is 1.86. The van der Waals surface area contributed by atoms with Crippen LogP contribution in [0, 0.1) is 11.3 Å². The average Bonchev–Trinajstić information content (AvgIpc) is 2.36. The van der Waals surface area contributed by atoms with Crippen LogP contribution < -0.4 is 11.5 Å². The van der Waals surface area contributed by atoms with Crippen LogP contribution in [-0.4, -0.2) is 51.7 Å². The molecule has 0 aliphatic rings. The van der Waals surface area contributed by atoms with E-state index in [0.717, 1.165) is 13.0 Å². The van der Waals surface area contributed by atoms with Crippen LogP contribution in [0.25, 0.3) is 0 Å². The predicted molar refractivity (Wildman–Crippen MR) is 87.3 cm³/mol. The van der Waals surface area contributed by atoms with Crippen LogP contribution in [0.2, 0.25) is 0 Å². The molecule has 0 spiro atoms. The van der Waals surface area contributed by atoms with Crippen LogP contribution in [0.1, 0.15) is 41.0 Å². The summed E-state index contributed by atoms with van der Waals surface area (Å²) in [4.78, 5) is 0. The number of hydrogen-bond acceptors (Lipinski definition) is 5. The predicted octanol–water partition coefficient (Wildman–Crippen LogP) is 1.78. The minimum Gasteiger partial charge on any atom is -0.380 e. The van der Waals surface area contributed by atoms with E-state index in [9.17, 15) is 0 Å². The molecule has 21 heavy (non-hydrogen) atoms. The summed E-state index contributed by atoms with van der Waals surface area (Å²) >= 11 is 0. The average molecular weight is 304 g/mol. The van der Waals surface area contributed by atoms with Crippen LogP contribution >= 0.6 is 0 Å². The van der Waals surface area contributed by atoms with Gasteiger partial charge >= 0.3 is 0 Å². The van der Waals surface area contributed by atoms with Crippen molar-refractivity contribution in [2.75, 3.05) is 39.6 Å². The van der Waals surface area contributed by atoms with Gasteiger partial charge < -0.3 is 25.7 Å². The van der Waals surface area contributed by atoms with Crippen molar-refractivity contribution in [1.29, 1.82) is 0 Å². The molecule has 0 saturated carbocycles. The number of hydrogen-bond donors (Lipinski definition) is 2. The second-order valence-electron chi connectivity index (χ2n) is 6.75. The zero-order valence-electron chi connectivity index (χ0n) is 14.6. The van der Waals surface area contributed by atoms with Gasteiger partial charge in [0.15, 0.2) is 0 Å². The van der Waals surface area contributed by atoms with E-state index in [1.54, 1.807) is 0 Å². The second kappa shape index (κ2) is 11.4. The molecule has 0 aromatic carbocycles. The molecule has 0 aromatic rings. The minimum absolute atomic E-state index is 0.0427. The van der Waals surface area contributed by atoms with Crippen molar-refractivity contribution in [3.05, 3.63) is 0 Å². The van der Waals surface area contributed by atoms with Crippen molar-refractivity contribution >= 4 is 0 Å². The van der Waals surface area contributed by atoms with Crippen LogP contribution in [0.5, 0.6) is 0 Å². The molecule has 0 aliphatic carbocycles. The summed E-state index contributed by atoms with van der Waals surface area (Å²) in [6.07, 6.45) is 0.934. The van der Waals surface area contributed by atoms with Gasteiger partial charge in [0.1, 0.15) is 0 Å². The lowest BCUT2D eigenvalue weighted by atomic mass is 9.88. The van der Waals surface area contributed by atoms with Crippen molar-refractivity contribution < 1.29 is 14.2 Å². The minimum atomic E-state index is -0.126. The Morgan fingerprint density at radius 1 is 0.762 bits per heavy atom. The van der Waals surface area contributed by atoms with Crippen molar-refractivity contribution in [2.45, 2.75) is 53.1 Å². The molecule has 0 rings (SSSR count). The third kappa shape index (κ3) is 11.1. The lowest BCUT2D eigenvalue weighted by Crippen LogP contribution is -2.39. The summed E-state index contributed by atoms with van der Waals surface area (Å²) in [6.45, 7) is 14.0. The van der Waals surface area contributed by atoms with E-state index in [-0.39, 0.29) is 17.5 Å². The molecule has 128 valence electrons. The molecule has 0 saturated heterocycles. The van der Waals surface area contributed by atoms with Crippen molar-refractivity contribution in [2.24, 2.45) is 22.8 Å². The Hall–Kier alpha value is -0.200. The van der Waals surface area contributed by atoms with Gasteiger partial charge in [0.2, 0.25) is 0 Å². The molecule has 0 radical (unpaired) electrons. The van der Waals surface area contributed by atoms with E-state index < -0.39 is 0 Å². The highest BCUT2D eigenvalue weighted by Crippen LogP contribution is 2.24. The largest absolute Gasteiger partial charge is 0.380 e. The van der Waals surface area contributed by atoms with Gasteiger partial charge in [-0.3, -0.25) is 0 Å². The summed E-state index contributed by atoms with van der Waals surface area (Å²) < 4.78 is 17.3. The molecular formula is C16H36N2O3. The highest BCUT2D eigenvalue weighted by atomic mass is 16.5. The quantitative estimate of drug-likeness (QED) is 0.542. The lowest BCUT2D eigenvalue weighted by molar-refractivity contribution is -0.0771. The van der Waals surface area contributed by atoms with Crippen molar-refractivity contribution in [3.63, 3.8) is 0 Å². The molecule has 2 atom stereocenters. The van der Waals surface area contributed by atoms with Gasteiger partial charge in [-0.25, -0.2) is 0 Å². The van der Waals surface area contributed by atoms with Crippen LogP contribution in [0.3, 0.4) is 0 Å². The number of ether oxygens (including phenoxy) is 3. The summed E-state index contributed by atoms with van der Waals surface area (Å²) in [5.74, 6) is 0.523. The number of nitrogens with two attached hydrogens (primary N) is 2. The van der Waals surface area contributed by atoms with Gasteiger partial charge in [0.25, 0.3) is 0 Å². The first-order chi connectivity index (χ1) is 9.81. The first-order valence-electron chi connectivity index (χ1n) is 8.05. The second-order valence-corrected chi connectivity index (χ2v) is 6.75. The summed E-state index contributed by atoms with van der Waals surface area (Å²) in [7, 11) is 0. The first kappa shape index (κ1) is 20.8. The summed E-state index contributed by atoms with van der Waals surface area (Å²) in [5, 5.41) is 0. The monoisotopic (exact) mass is 304 g/mol. The molecule has 0 aromatic heterocycles. The Morgan fingerprint density at radius 3 is 1.43 bits per heavy atom. The smallest absolute Gasteiger partial charge is 0.0615 e. The van der Waals surface area contributed by atoms with Crippen molar-refractivity contribution in [3.8, 4) is 0 Å². The Kier molecular flexibility index (Phi) is 11.3. The number of rotatable bonds is 13. The third-order valence-corrected chi connectivity index (χ3v) is 3.19. The van der Waals surface area contributed by atoms with E-state index >= 15 is 0 Å². The zero-order chi connectivity index (χ0) is 16.3. The molecule has 4 N–H and O–H groups in total. The van der Waals surface area contributed by atoms with Crippen LogP contribution in [0.4, 0.5) is 0 Å². The van der Waals surface area contributed by atoms with Crippen LogP contribution in [-0.2, 0) is 14.2 Å². The zero-order valence-corrected chi connectivity index (χ0v) is 14.6. The van der Waals surface area contributed by atoms with Gasteiger partial charge in [0, 0.05) is 24.1 Å². The highest BCUT2D eigenvalue weighted by Gasteiger charge is 2.30. The molecule has 0 bridgehead atoms.